The molecule has 0 aliphatic carbocycles. The number of carbonyl (C=O) groups excluding carboxylic acids is 3. The van der Waals surface area contributed by atoms with Crippen molar-refractivity contribution in [3.05, 3.63) is 72.8 Å². The molecule has 0 aliphatic heterocycles. The first kappa shape index (κ1) is 41.2. The Hall–Kier alpha value is -4.27. The molecule has 3 rings (SSSR count). The van der Waals surface area contributed by atoms with Gasteiger partial charge in [0.25, 0.3) is 0 Å². The SMILES string of the molecule is CC(C)(C)OC(=O)COc1ccc(S([OH+]S(C)(=O)=O)(c2ccc(OCC(=O)OC(C)(C)C)cc2)c2ccc(OCC(=O)OC(C)(C)C)cc2)cc1. The fraction of sp³-hybridized carbons (Fsp3) is 0.432. The molecule has 3 aromatic carbocycles. The number of hydrogen-bond donors (Lipinski definition) is 0. The summed E-state index contributed by atoms with van der Waals surface area (Å²) in [6.07, 6.45) is 1.02. The highest BCUT2D eigenvalue weighted by atomic mass is 32.3. The molecule has 0 radical (unpaired) electrons. The Morgan fingerprint density at radius 2 is 0.725 bits per heavy atom. The van der Waals surface area contributed by atoms with Crippen LogP contribution < -0.4 is 14.2 Å². The third-order valence-corrected chi connectivity index (χ3v) is 10.9. The van der Waals surface area contributed by atoms with Gasteiger partial charge in [0.1, 0.15) is 40.3 Å². The van der Waals surface area contributed by atoms with E-state index < -0.39 is 55.1 Å². The summed E-state index contributed by atoms with van der Waals surface area (Å²) in [4.78, 5) is 38.3. The zero-order valence-electron chi connectivity index (χ0n) is 30.8. The van der Waals surface area contributed by atoms with Gasteiger partial charge in [-0.15, -0.1) is 0 Å². The van der Waals surface area contributed by atoms with Crippen LogP contribution in [0.2, 0.25) is 0 Å². The number of hydrogen-bond acceptors (Lipinski definition) is 11. The molecule has 3 aromatic rings. The number of benzene rings is 3. The largest absolute Gasteiger partial charge is 0.482 e. The van der Waals surface area contributed by atoms with E-state index in [0.717, 1.165) is 6.26 Å². The van der Waals surface area contributed by atoms with E-state index in [9.17, 15) is 22.8 Å². The van der Waals surface area contributed by atoms with Crippen molar-refractivity contribution in [3.8, 4) is 17.2 Å². The van der Waals surface area contributed by atoms with Crippen LogP contribution in [0.1, 0.15) is 62.3 Å². The van der Waals surface area contributed by atoms with Crippen molar-refractivity contribution in [1.82, 2.24) is 0 Å². The quantitative estimate of drug-likeness (QED) is 0.0718. The molecule has 0 saturated carbocycles. The second kappa shape index (κ2) is 16.4. The van der Waals surface area contributed by atoms with Gasteiger partial charge >= 0.3 is 28.0 Å². The zero-order chi connectivity index (χ0) is 38.3. The van der Waals surface area contributed by atoms with Gasteiger partial charge in [-0.3, -0.25) is 3.63 Å². The van der Waals surface area contributed by atoms with E-state index >= 15 is 0 Å². The van der Waals surface area contributed by atoms with E-state index in [1.54, 1.807) is 135 Å². The summed E-state index contributed by atoms with van der Waals surface area (Å²) in [6, 6.07) is 19.9. The minimum absolute atomic E-state index is 0.322. The van der Waals surface area contributed by atoms with Crippen molar-refractivity contribution in [3.63, 3.8) is 0 Å². The molecular weight excluding hydrogens is 701 g/mol. The minimum atomic E-state index is -3.99. The summed E-state index contributed by atoms with van der Waals surface area (Å²) < 4.78 is 63.5. The van der Waals surface area contributed by atoms with Gasteiger partial charge in [-0.1, -0.05) is 0 Å². The third kappa shape index (κ3) is 13.8. The lowest BCUT2D eigenvalue weighted by Crippen LogP contribution is -2.27. The molecule has 51 heavy (non-hydrogen) atoms. The van der Waals surface area contributed by atoms with E-state index in [1.165, 1.54) is 0 Å². The van der Waals surface area contributed by atoms with Crippen LogP contribution in [-0.4, -0.2) is 72.8 Å². The smallest absolute Gasteiger partial charge is 0.387 e. The zero-order valence-corrected chi connectivity index (χ0v) is 32.4. The molecular formula is C37H49O12S2+. The van der Waals surface area contributed by atoms with Crippen LogP contribution >= 0.6 is 10.3 Å². The average molecular weight is 750 g/mol. The number of carbonyl (C=O) groups is 3. The van der Waals surface area contributed by atoms with Gasteiger partial charge in [0, 0.05) is 0 Å². The molecule has 0 atom stereocenters. The van der Waals surface area contributed by atoms with Crippen molar-refractivity contribution in [1.29, 1.82) is 0 Å². The van der Waals surface area contributed by atoms with E-state index in [2.05, 4.69) is 3.63 Å². The molecule has 280 valence electrons. The maximum Gasteiger partial charge on any atom is 0.387 e. The van der Waals surface area contributed by atoms with Gasteiger partial charge in [0.05, 0.1) is 25.0 Å². The van der Waals surface area contributed by atoms with E-state index in [4.69, 9.17) is 28.4 Å². The van der Waals surface area contributed by atoms with Gasteiger partial charge in [0.2, 0.25) is 0 Å². The summed E-state index contributed by atoms with van der Waals surface area (Å²) in [5.41, 5.74) is -2.02. The first-order valence-corrected chi connectivity index (χ1v) is 19.5. The Morgan fingerprint density at radius 3 is 0.922 bits per heavy atom. The van der Waals surface area contributed by atoms with Crippen LogP contribution in [0.3, 0.4) is 0 Å². The van der Waals surface area contributed by atoms with Gasteiger partial charge in [-0.05, 0) is 135 Å². The molecule has 0 aromatic heterocycles. The van der Waals surface area contributed by atoms with Crippen LogP contribution in [0.5, 0.6) is 17.2 Å². The Kier molecular flexibility index (Phi) is 13.2. The second-order valence-electron chi connectivity index (χ2n) is 14.4. The van der Waals surface area contributed by atoms with Crippen LogP contribution in [0, 0.1) is 0 Å². The Balaban J connectivity index is 2.04. The predicted molar refractivity (Wildman–Crippen MR) is 193 cm³/mol. The average Bonchev–Trinajstić information content (AvgIpc) is 2.98. The van der Waals surface area contributed by atoms with E-state index in [-0.39, 0.29) is 19.8 Å². The fourth-order valence-electron chi connectivity index (χ4n) is 4.48. The third-order valence-electron chi connectivity index (χ3n) is 6.07. The van der Waals surface area contributed by atoms with Crippen molar-refractivity contribution >= 4 is 38.3 Å². The summed E-state index contributed by atoms with van der Waals surface area (Å²) in [5.74, 6) is -0.554. The number of rotatable bonds is 14. The molecule has 0 bridgehead atoms. The maximum atomic E-state index is 13.1. The molecule has 12 nitrogen and oxygen atoms in total. The lowest BCUT2D eigenvalue weighted by atomic mass is 10.2. The summed E-state index contributed by atoms with van der Waals surface area (Å²) >= 11 is 0. The summed E-state index contributed by atoms with van der Waals surface area (Å²) in [5, 5.41) is 0. The highest BCUT2D eigenvalue weighted by Gasteiger charge is 2.42. The topological polar surface area (TPSA) is 154 Å². The van der Waals surface area contributed by atoms with Gasteiger partial charge in [-0.2, -0.15) is 8.42 Å². The van der Waals surface area contributed by atoms with E-state index in [1.807, 2.05) is 0 Å². The lowest BCUT2D eigenvalue weighted by Gasteiger charge is -2.34. The second-order valence-corrected chi connectivity index (χ2v) is 19.1. The first-order chi connectivity index (χ1) is 23.4. The summed E-state index contributed by atoms with van der Waals surface area (Å²) in [6.45, 7) is 14.8. The lowest BCUT2D eigenvalue weighted by molar-refractivity contribution is -0.158. The van der Waals surface area contributed by atoms with Crippen molar-refractivity contribution in [2.75, 3.05) is 26.1 Å². The summed E-state index contributed by atoms with van der Waals surface area (Å²) in [7, 11) is -6.90. The first-order valence-electron chi connectivity index (χ1n) is 16.1. The van der Waals surface area contributed by atoms with Crippen molar-refractivity contribution < 1.29 is 54.9 Å². The minimum Gasteiger partial charge on any atom is -0.482 e. The Bertz CT molecular complexity index is 1560. The Morgan fingerprint density at radius 1 is 0.490 bits per heavy atom. The van der Waals surface area contributed by atoms with Gasteiger partial charge in [0.15, 0.2) is 19.8 Å². The van der Waals surface area contributed by atoms with Crippen molar-refractivity contribution in [2.45, 2.75) is 93.8 Å². The molecule has 0 aliphatic rings. The molecule has 14 heteroatoms. The van der Waals surface area contributed by atoms with E-state index in [0.29, 0.717) is 31.9 Å². The van der Waals surface area contributed by atoms with Crippen LogP contribution in [-0.2, 0) is 38.7 Å². The molecule has 0 spiro atoms. The van der Waals surface area contributed by atoms with Crippen LogP contribution in [0.15, 0.2) is 87.5 Å². The monoisotopic (exact) mass is 749 g/mol. The van der Waals surface area contributed by atoms with Crippen LogP contribution in [0.25, 0.3) is 0 Å². The highest BCUT2D eigenvalue weighted by Crippen LogP contribution is 2.68. The predicted octanol–water partition coefficient (Wildman–Crippen LogP) is 7.10. The molecule has 0 unspecified atom stereocenters. The maximum absolute atomic E-state index is 13.1. The molecule has 0 heterocycles. The molecule has 1 N–H and O–H groups in total. The number of esters is 3. The van der Waals surface area contributed by atoms with Crippen molar-refractivity contribution in [2.24, 2.45) is 0 Å². The molecule has 0 saturated heterocycles. The van der Waals surface area contributed by atoms with Gasteiger partial charge < -0.3 is 28.4 Å². The van der Waals surface area contributed by atoms with Crippen LogP contribution in [0.4, 0.5) is 0 Å². The molecule has 0 amide bonds. The Labute approximate surface area is 302 Å². The standard InChI is InChI=1S/C37H48O12S2/c1-35(2,3)46-32(38)23-43-26-11-17-29(18-12-26)51(49-50(10,41)42,30-19-13-27(14-20-30)44-24-33(39)47-36(4,5)6)31-21-15-28(16-22-31)45-25-34(40)48-37(7,8)9/h11-22H,23-25H2,1-10H3/p+1. The fourth-order valence-corrected chi connectivity index (χ4v) is 9.54. The van der Waals surface area contributed by atoms with Gasteiger partial charge in [-0.25, -0.2) is 14.4 Å². The normalized spacial score (nSPS) is 12.7. The highest BCUT2D eigenvalue weighted by molar-refractivity contribution is 8.32. The number of ether oxygens (including phenoxy) is 6. The molecule has 0 fully saturated rings.